The number of piperidine rings is 1. The highest BCUT2D eigenvalue weighted by molar-refractivity contribution is 7.21. The van der Waals surface area contributed by atoms with Crippen molar-refractivity contribution in [2.75, 3.05) is 25.0 Å². The summed E-state index contributed by atoms with van der Waals surface area (Å²) in [6.45, 7) is 3.91. The van der Waals surface area contributed by atoms with Gasteiger partial charge >= 0.3 is 5.97 Å². The summed E-state index contributed by atoms with van der Waals surface area (Å²) in [5.74, 6) is -0.756. The number of nitrogens with zero attached hydrogens (tertiary/aromatic N) is 1. The summed E-state index contributed by atoms with van der Waals surface area (Å²) in [5, 5.41) is 3.47. The lowest BCUT2D eigenvalue weighted by Gasteiger charge is -2.31. The van der Waals surface area contributed by atoms with E-state index < -0.39 is 5.97 Å². The number of nitrogens with one attached hydrogen (secondary N) is 1. The number of fused-ring (bicyclic) bond motifs is 1. The lowest BCUT2D eigenvalue weighted by molar-refractivity contribution is -0.121. The van der Waals surface area contributed by atoms with Crippen LogP contribution < -0.4 is 5.32 Å². The van der Waals surface area contributed by atoms with Crippen LogP contribution in [0.4, 0.5) is 10.1 Å². The summed E-state index contributed by atoms with van der Waals surface area (Å²) in [7, 11) is 0. The number of carbonyl (C=O) groups is 2. The SMILES string of the molecule is CCOC(=O)c1sc2cccc(F)c2c1CN1CCC(C(=O)Nc2ccccc2)CC1. The molecule has 2 aromatic carbocycles. The van der Waals surface area contributed by atoms with Gasteiger partial charge in [-0.05, 0) is 57.1 Å². The van der Waals surface area contributed by atoms with Crippen molar-refractivity contribution in [1.29, 1.82) is 0 Å². The normalized spacial score (nSPS) is 15.2. The van der Waals surface area contributed by atoms with Crippen LogP contribution in [-0.2, 0) is 16.1 Å². The molecule has 1 saturated heterocycles. The Balaban J connectivity index is 1.46. The van der Waals surface area contributed by atoms with Crippen LogP contribution >= 0.6 is 11.3 Å². The van der Waals surface area contributed by atoms with Gasteiger partial charge < -0.3 is 10.1 Å². The van der Waals surface area contributed by atoms with Crippen LogP contribution in [0.25, 0.3) is 10.1 Å². The molecule has 1 aromatic heterocycles. The van der Waals surface area contributed by atoms with E-state index in [-0.39, 0.29) is 24.2 Å². The zero-order valence-corrected chi connectivity index (χ0v) is 18.2. The van der Waals surface area contributed by atoms with Gasteiger partial charge in [0.25, 0.3) is 0 Å². The third-order valence-electron chi connectivity index (χ3n) is 5.61. The molecule has 3 aromatic rings. The standard InChI is InChI=1S/C24H25FN2O3S/c1-2-30-24(29)22-18(21-19(25)9-6-10-20(21)31-22)15-27-13-11-16(12-14-27)23(28)26-17-7-4-3-5-8-17/h3-10,16H,2,11-15H2,1H3,(H,26,28). The predicted molar refractivity (Wildman–Crippen MR) is 121 cm³/mol. The quantitative estimate of drug-likeness (QED) is 0.544. The van der Waals surface area contributed by atoms with Gasteiger partial charge in [-0.2, -0.15) is 0 Å². The molecule has 1 amide bonds. The van der Waals surface area contributed by atoms with E-state index in [1.807, 2.05) is 36.4 Å². The first kappa shape index (κ1) is 21.5. The largest absolute Gasteiger partial charge is 0.462 e. The van der Waals surface area contributed by atoms with E-state index >= 15 is 0 Å². The third-order valence-corrected chi connectivity index (χ3v) is 6.78. The summed E-state index contributed by atoms with van der Waals surface area (Å²) < 4.78 is 20.6. The van der Waals surface area contributed by atoms with Crippen LogP contribution in [-0.4, -0.2) is 36.5 Å². The fraction of sp³-hybridized carbons (Fsp3) is 0.333. The molecule has 1 aliphatic heterocycles. The number of para-hydroxylation sites is 1. The van der Waals surface area contributed by atoms with E-state index in [2.05, 4.69) is 10.2 Å². The van der Waals surface area contributed by atoms with Crippen molar-refractivity contribution < 1.29 is 18.7 Å². The van der Waals surface area contributed by atoms with E-state index in [4.69, 9.17) is 4.74 Å². The van der Waals surface area contributed by atoms with Crippen molar-refractivity contribution in [3.63, 3.8) is 0 Å². The number of anilines is 1. The van der Waals surface area contributed by atoms with Crippen molar-refractivity contribution in [3.05, 3.63) is 64.8 Å². The van der Waals surface area contributed by atoms with Gasteiger partial charge in [0.05, 0.1) is 6.61 Å². The molecule has 0 unspecified atom stereocenters. The highest BCUT2D eigenvalue weighted by atomic mass is 32.1. The molecule has 0 spiro atoms. The van der Waals surface area contributed by atoms with E-state index in [0.717, 1.165) is 23.2 Å². The second-order valence-corrected chi connectivity index (χ2v) is 8.70. The molecular weight excluding hydrogens is 415 g/mol. The van der Waals surface area contributed by atoms with Gasteiger partial charge in [0.2, 0.25) is 5.91 Å². The summed E-state index contributed by atoms with van der Waals surface area (Å²) in [5.41, 5.74) is 1.48. The number of likely N-dealkylation sites (tertiary alicyclic amines) is 1. The second kappa shape index (κ2) is 9.58. The number of hydrogen-bond acceptors (Lipinski definition) is 5. The number of thiophene rings is 1. The Bertz CT molecular complexity index is 1080. The molecule has 1 aliphatic rings. The van der Waals surface area contributed by atoms with Crippen LogP contribution in [0.2, 0.25) is 0 Å². The number of esters is 1. The Kier molecular flexibility index (Phi) is 6.63. The summed E-state index contributed by atoms with van der Waals surface area (Å²) in [6.07, 6.45) is 1.44. The Morgan fingerprint density at radius 1 is 1.13 bits per heavy atom. The fourth-order valence-electron chi connectivity index (χ4n) is 4.02. The molecule has 7 heteroatoms. The highest BCUT2D eigenvalue weighted by Gasteiger charge is 2.28. The number of amides is 1. The van der Waals surface area contributed by atoms with Crippen LogP contribution in [0.1, 0.15) is 35.0 Å². The summed E-state index contributed by atoms with van der Waals surface area (Å²) >= 11 is 1.28. The summed E-state index contributed by atoms with van der Waals surface area (Å²) in [6, 6.07) is 14.4. The van der Waals surface area contributed by atoms with E-state index in [1.54, 1.807) is 13.0 Å². The Hall–Kier alpha value is -2.77. The molecule has 31 heavy (non-hydrogen) atoms. The highest BCUT2D eigenvalue weighted by Crippen LogP contribution is 2.35. The number of rotatable bonds is 6. The number of carbonyl (C=O) groups excluding carboxylic acids is 2. The van der Waals surface area contributed by atoms with Gasteiger partial charge in [0.1, 0.15) is 10.7 Å². The number of halogens is 1. The Morgan fingerprint density at radius 2 is 1.87 bits per heavy atom. The molecule has 4 rings (SSSR count). The minimum absolute atomic E-state index is 0.0325. The Labute approximate surface area is 184 Å². The lowest BCUT2D eigenvalue weighted by atomic mass is 9.95. The molecule has 1 fully saturated rings. The van der Waals surface area contributed by atoms with Gasteiger partial charge in [-0.15, -0.1) is 11.3 Å². The van der Waals surface area contributed by atoms with Crippen molar-refractivity contribution in [2.24, 2.45) is 5.92 Å². The molecule has 2 heterocycles. The fourth-order valence-corrected chi connectivity index (χ4v) is 5.14. The lowest BCUT2D eigenvalue weighted by Crippen LogP contribution is -2.38. The van der Waals surface area contributed by atoms with Crippen LogP contribution in [0.5, 0.6) is 0 Å². The van der Waals surface area contributed by atoms with Gasteiger partial charge in [-0.1, -0.05) is 24.3 Å². The molecule has 0 aliphatic carbocycles. The van der Waals surface area contributed by atoms with Crippen molar-refractivity contribution >= 4 is 39.0 Å². The maximum absolute atomic E-state index is 14.6. The molecular formula is C24H25FN2O3S. The van der Waals surface area contributed by atoms with Crippen LogP contribution in [0.3, 0.4) is 0 Å². The maximum Gasteiger partial charge on any atom is 0.348 e. The molecule has 0 saturated carbocycles. The average Bonchev–Trinajstić information content (AvgIpc) is 3.15. The Morgan fingerprint density at radius 3 is 2.58 bits per heavy atom. The van der Waals surface area contributed by atoms with Gasteiger partial charge in [-0.25, -0.2) is 9.18 Å². The van der Waals surface area contributed by atoms with Crippen molar-refractivity contribution in [3.8, 4) is 0 Å². The number of hydrogen-bond donors (Lipinski definition) is 1. The maximum atomic E-state index is 14.6. The molecule has 162 valence electrons. The topological polar surface area (TPSA) is 58.6 Å². The van der Waals surface area contributed by atoms with Gasteiger partial charge in [-0.3, -0.25) is 9.69 Å². The van der Waals surface area contributed by atoms with Crippen LogP contribution in [0, 0.1) is 11.7 Å². The zero-order chi connectivity index (χ0) is 21.8. The summed E-state index contributed by atoms with van der Waals surface area (Å²) in [4.78, 5) is 27.7. The predicted octanol–water partition coefficient (Wildman–Crippen LogP) is 5.07. The van der Waals surface area contributed by atoms with Gasteiger partial charge in [0, 0.05) is 33.8 Å². The van der Waals surface area contributed by atoms with E-state index in [1.165, 1.54) is 17.4 Å². The third kappa shape index (κ3) is 4.78. The van der Waals surface area contributed by atoms with Gasteiger partial charge in [0.15, 0.2) is 0 Å². The van der Waals surface area contributed by atoms with Crippen molar-refractivity contribution in [1.82, 2.24) is 4.90 Å². The molecule has 0 bridgehead atoms. The van der Waals surface area contributed by atoms with Crippen LogP contribution in [0.15, 0.2) is 48.5 Å². The molecule has 1 N–H and O–H groups in total. The minimum Gasteiger partial charge on any atom is -0.462 e. The van der Waals surface area contributed by atoms with Crippen molar-refractivity contribution in [2.45, 2.75) is 26.3 Å². The average molecular weight is 441 g/mol. The molecule has 5 nitrogen and oxygen atoms in total. The first-order chi connectivity index (χ1) is 15.1. The molecule has 0 atom stereocenters. The first-order valence-electron chi connectivity index (χ1n) is 10.5. The zero-order valence-electron chi connectivity index (χ0n) is 17.4. The second-order valence-electron chi connectivity index (χ2n) is 7.65. The monoisotopic (exact) mass is 440 g/mol. The smallest absolute Gasteiger partial charge is 0.348 e. The minimum atomic E-state index is -0.407. The number of benzene rings is 2. The van der Waals surface area contributed by atoms with E-state index in [0.29, 0.717) is 35.5 Å². The first-order valence-corrected chi connectivity index (χ1v) is 11.3. The molecule has 0 radical (unpaired) electrons. The van der Waals surface area contributed by atoms with E-state index in [9.17, 15) is 14.0 Å². The number of ether oxygens (including phenoxy) is 1.